The van der Waals surface area contributed by atoms with E-state index in [4.69, 9.17) is 9.47 Å². The maximum Gasteiger partial charge on any atom is 0.355 e. The van der Waals surface area contributed by atoms with Gasteiger partial charge in [-0.05, 0) is 91.3 Å². The Labute approximate surface area is 305 Å². The third-order valence-corrected chi connectivity index (χ3v) is 14.0. The summed E-state index contributed by atoms with van der Waals surface area (Å²) in [5, 5.41) is 14.3. The van der Waals surface area contributed by atoms with E-state index in [2.05, 4.69) is 47.0 Å². The van der Waals surface area contributed by atoms with Gasteiger partial charge >= 0.3 is 5.97 Å². The Balaban J connectivity index is 0.923. The van der Waals surface area contributed by atoms with E-state index in [-0.39, 0.29) is 28.5 Å². The fraction of sp³-hybridized carbons (Fsp3) is 0.400. The second kappa shape index (κ2) is 13.2. The number of carbonyl (C=O) groups is 2. The van der Waals surface area contributed by atoms with Crippen molar-refractivity contribution >= 4 is 55.0 Å². The summed E-state index contributed by atoms with van der Waals surface area (Å²) >= 11 is 2.85. The van der Waals surface area contributed by atoms with Crippen LogP contribution in [0.4, 0.5) is 10.3 Å². The van der Waals surface area contributed by atoms with Gasteiger partial charge in [0.1, 0.15) is 6.10 Å². The Hall–Kier alpha value is -4.48. The number of carboxylic acid groups (broad SMARTS) is 1. The first-order valence-electron chi connectivity index (χ1n) is 17.7. The summed E-state index contributed by atoms with van der Waals surface area (Å²) in [6, 6.07) is 21.5. The van der Waals surface area contributed by atoms with Gasteiger partial charge in [0.2, 0.25) is 0 Å². The van der Waals surface area contributed by atoms with Crippen molar-refractivity contribution < 1.29 is 24.2 Å². The highest BCUT2D eigenvalue weighted by Gasteiger charge is 2.62. The number of rotatable bonds is 11. The molecule has 3 atom stereocenters. The lowest BCUT2D eigenvalue weighted by Gasteiger charge is -2.39. The van der Waals surface area contributed by atoms with Gasteiger partial charge in [-0.25, -0.2) is 14.8 Å². The smallest absolute Gasteiger partial charge is 0.355 e. The largest absolute Gasteiger partial charge is 0.490 e. The van der Waals surface area contributed by atoms with E-state index in [1.165, 1.54) is 35.5 Å². The van der Waals surface area contributed by atoms with Crippen LogP contribution in [-0.2, 0) is 19.4 Å². The number of aromatic carboxylic acids is 1. The first-order valence-corrected chi connectivity index (χ1v) is 19.4. The second-order valence-electron chi connectivity index (χ2n) is 14.7. The fourth-order valence-corrected chi connectivity index (χ4v) is 10.4. The number of carboxylic acids is 1. The normalized spacial score (nSPS) is 21.8. The van der Waals surface area contributed by atoms with E-state index in [0.29, 0.717) is 54.3 Å². The zero-order chi connectivity index (χ0) is 35.3. The number of carbonyl (C=O) groups excluding carboxylic acids is 1. The first-order chi connectivity index (χ1) is 24.6. The van der Waals surface area contributed by atoms with Crippen molar-refractivity contribution in [2.24, 2.45) is 16.7 Å². The number of nitrogens with one attached hydrogen (secondary N) is 1. The SMILES string of the molecule is CC1(C)[C@@H]2CC[C@]1(C)C(Oc1ccccc1OCCCc1sc(N3CCc4cccc(C(=O)Nc5nc6ccccc6s5)c4C3)nc1C(=O)O)C2. The average molecular weight is 723 g/mol. The summed E-state index contributed by atoms with van der Waals surface area (Å²) in [5.41, 5.74) is 3.96. The highest BCUT2D eigenvalue weighted by Crippen LogP contribution is 2.66. The van der Waals surface area contributed by atoms with Crippen LogP contribution in [0.15, 0.2) is 66.7 Å². The minimum Gasteiger partial charge on any atom is -0.490 e. The number of anilines is 2. The number of benzene rings is 3. The van der Waals surface area contributed by atoms with Crippen LogP contribution in [0.1, 0.15) is 83.3 Å². The van der Waals surface area contributed by atoms with Gasteiger partial charge in [-0.3, -0.25) is 10.1 Å². The van der Waals surface area contributed by atoms with Gasteiger partial charge in [-0.15, -0.1) is 11.3 Å². The molecule has 8 rings (SSSR count). The molecular weight excluding hydrogens is 681 g/mol. The minimum atomic E-state index is -1.04. The lowest BCUT2D eigenvalue weighted by Crippen LogP contribution is -2.38. The van der Waals surface area contributed by atoms with Gasteiger partial charge in [-0.1, -0.05) is 68.5 Å². The van der Waals surface area contributed by atoms with Crippen LogP contribution >= 0.6 is 22.7 Å². The number of para-hydroxylation sites is 3. The van der Waals surface area contributed by atoms with Gasteiger partial charge in [0.25, 0.3) is 5.91 Å². The summed E-state index contributed by atoms with van der Waals surface area (Å²) in [5.74, 6) is 0.934. The van der Waals surface area contributed by atoms with Gasteiger partial charge in [0.15, 0.2) is 27.5 Å². The van der Waals surface area contributed by atoms with E-state index in [1.807, 2.05) is 60.7 Å². The van der Waals surface area contributed by atoms with Gasteiger partial charge in [0, 0.05) is 28.9 Å². The molecule has 3 aromatic carbocycles. The molecule has 0 saturated heterocycles. The van der Waals surface area contributed by atoms with E-state index in [9.17, 15) is 14.7 Å². The molecule has 2 fully saturated rings. The summed E-state index contributed by atoms with van der Waals surface area (Å²) in [6.45, 7) is 8.72. The standard InChI is InChI=1S/C40H42N4O5S2/c1-39(2)25-17-19-40(39,3)33(22-25)49-30-14-6-5-13-29(30)48-21-9-16-32-34(36(46)47)42-38(51-32)44-20-18-24-10-8-11-26(27(24)23-44)35(45)43-37-41-28-12-4-7-15-31(28)50-37/h4-8,10-15,25,33H,9,16-23H2,1-3H3,(H,46,47)(H,41,43,45)/t25-,33?,40-/m1/s1. The molecule has 2 bridgehead atoms. The van der Waals surface area contributed by atoms with Crippen molar-refractivity contribution in [3.05, 3.63) is 94.0 Å². The zero-order valence-electron chi connectivity index (χ0n) is 29.1. The van der Waals surface area contributed by atoms with Crippen molar-refractivity contribution in [3.8, 4) is 11.5 Å². The Morgan fingerprint density at radius 1 is 1.00 bits per heavy atom. The molecule has 1 amide bonds. The summed E-state index contributed by atoms with van der Waals surface area (Å²) in [6.07, 6.45) is 5.58. The zero-order valence-corrected chi connectivity index (χ0v) is 30.7. The molecular formula is C40H42N4O5S2. The molecule has 51 heavy (non-hydrogen) atoms. The Bertz CT molecular complexity index is 2090. The number of thiazole rings is 2. The molecule has 2 saturated carbocycles. The van der Waals surface area contributed by atoms with E-state index in [1.54, 1.807) is 0 Å². The monoisotopic (exact) mass is 722 g/mol. The van der Waals surface area contributed by atoms with Crippen LogP contribution in [0.25, 0.3) is 10.2 Å². The van der Waals surface area contributed by atoms with Crippen molar-refractivity contribution in [2.45, 2.75) is 71.9 Å². The molecule has 1 aliphatic heterocycles. The molecule has 3 aliphatic rings. The number of hydrogen-bond acceptors (Lipinski definition) is 9. The fourth-order valence-electron chi connectivity index (χ4n) is 8.40. The summed E-state index contributed by atoms with van der Waals surface area (Å²) < 4.78 is 13.9. The number of fused-ring (bicyclic) bond motifs is 4. The van der Waals surface area contributed by atoms with Gasteiger partial charge in [-0.2, -0.15) is 0 Å². The van der Waals surface area contributed by atoms with Crippen molar-refractivity contribution in [3.63, 3.8) is 0 Å². The molecule has 2 aliphatic carbocycles. The highest BCUT2D eigenvalue weighted by molar-refractivity contribution is 7.22. The van der Waals surface area contributed by atoms with E-state index < -0.39 is 5.97 Å². The second-order valence-corrected chi connectivity index (χ2v) is 16.8. The number of aromatic nitrogens is 2. The number of amides is 1. The predicted molar refractivity (Wildman–Crippen MR) is 202 cm³/mol. The predicted octanol–water partition coefficient (Wildman–Crippen LogP) is 8.87. The van der Waals surface area contributed by atoms with Crippen LogP contribution in [0.5, 0.6) is 11.5 Å². The number of ether oxygens (including phenoxy) is 2. The number of hydrogen-bond donors (Lipinski definition) is 2. The lowest BCUT2D eigenvalue weighted by atomic mass is 9.70. The van der Waals surface area contributed by atoms with Crippen LogP contribution in [-0.4, -0.2) is 46.2 Å². The van der Waals surface area contributed by atoms with Crippen molar-refractivity contribution in [2.75, 3.05) is 23.4 Å². The molecule has 264 valence electrons. The third-order valence-electron chi connectivity index (χ3n) is 11.8. The van der Waals surface area contributed by atoms with E-state index >= 15 is 0 Å². The maximum absolute atomic E-state index is 13.5. The Kier molecular flexibility index (Phi) is 8.74. The molecule has 2 aromatic heterocycles. The Morgan fingerprint density at radius 2 is 1.80 bits per heavy atom. The van der Waals surface area contributed by atoms with Crippen molar-refractivity contribution in [1.82, 2.24) is 9.97 Å². The van der Waals surface area contributed by atoms with Crippen LogP contribution in [0, 0.1) is 16.7 Å². The first kappa shape index (κ1) is 33.7. The molecule has 3 heterocycles. The molecule has 2 N–H and O–H groups in total. The lowest BCUT2D eigenvalue weighted by molar-refractivity contribution is 0.0281. The highest BCUT2D eigenvalue weighted by atomic mass is 32.1. The molecule has 11 heteroatoms. The number of aryl methyl sites for hydroxylation is 1. The summed E-state index contributed by atoms with van der Waals surface area (Å²) in [4.78, 5) is 37.8. The van der Waals surface area contributed by atoms with Crippen LogP contribution < -0.4 is 19.7 Å². The molecule has 5 aromatic rings. The maximum atomic E-state index is 13.5. The van der Waals surface area contributed by atoms with Crippen molar-refractivity contribution in [1.29, 1.82) is 0 Å². The summed E-state index contributed by atoms with van der Waals surface area (Å²) in [7, 11) is 0. The average Bonchev–Trinajstić information content (AvgIpc) is 3.84. The van der Waals surface area contributed by atoms with Gasteiger partial charge < -0.3 is 19.5 Å². The molecule has 1 unspecified atom stereocenters. The van der Waals surface area contributed by atoms with Crippen LogP contribution in [0.3, 0.4) is 0 Å². The minimum absolute atomic E-state index is 0.0820. The molecule has 9 nitrogen and oxygen atoms in total. The molecule has 0 spiro atoms. The quantitative estimate of drug-likeness (QED) is 0.130. The van der Waals surface area contributed by atoms with Crippen LogP contribution in [0.2, 0.25) is 0 Å². The Morgan fingerprint density at radius 3 is 2.57 bits per heavy atom. The number of nitrogens with zero attached hydrogens (tertiary/aromatic N) is 3. The van der Waals surface area contributed by atoms with Gasteiger partial charge in [0.05, 0.1) is 16.8 Å². The molecule has 0 radical (unpaired) electrons. The topological polar surface area (TPSA) is 114 Å². The van der Waals surface area contributed by atoms with E-state index in [0.717, 1.165) is 50.6 Å². The third kappa shape index (κ3) is 6.14.